The van der Waals surface area contributed by atoms with Gasteiger partial charge in [-0.25, -0.2) is 0 Å². The molecule has 2 rings (SSSR count). The molecule has 0 atom stereocenters. The van der Waals surface area contributed by atoms with Crippen LogP contribution < -0.4 is 10.6 Å². The number of anilines is 1. The fraction of sp³-hybridized carbons (Fsp3) is 0.286. The maximum atomic E-state index is 11.7. The normalized spacial score (nSPS) is 10.4. The number of rotatable bonds is 6. The van der Waals surface area contributed by atoms with Gasteiger partial charge in [-0.3, -0.25) is 9.48 Å². The summed E-state index contributed by atoms with van der Waals surface area (Å²) < 4.78 is 1.82. The number of carbonyl (C=O) groups excluding carboxylic acids is 1. The SMILES string of the molecule is Cc1ccc(NC(=O)CNCCn2cccn2)cc1. The van der Waals surface area contributed by atoms with Crippen LogP contribution in [-0.2, 0) is 11.3 Å². The van der Waals surface area contributed by atoms with Crippen LogP contribution in [0, 0.1) is 6.92 Å². The summed E-state index contributed by atoms with van der Waals surface area (Å²) in [5, 5.41) is 10.0. The number of hydrogen-bond acceptors (Lipinski definition) is 3. The second-order valence-electron chi connectivity index (χ2n) is 4.36. The van der Waals surface area contributed by atoms with Crippen molar-refractivity contribution in [3.8, 4) is 0 Å². The maximum Gasteiger partial charge on any atom is 0.238 e. The average Bonchev–Trinajstić information content (AvgIpc) is 2.91. The third-order valence-corrected chi connectivity index (χ3v) is 2.70. The summed E-state index contributed by atoms with van der Waals surface area (Å²) in [6, 6.07) is 9.62. The van der Waals surface area contributed by atoms with E-state index in [2.05, 4.69) is 15.7 Å². The molecule has 0 bridgehead atoms. The quantitative estimate of drug-likeness (QED) is 0.770. The van der Waals surface area contributed by atoms with Gasteiger partial charge in [0.05, 0.1) is 13.1 Å². The lowest BCUT2D eigenvalue weighted by atomic mass is 10.2. The van der Waals surface area contributed by atoms with Gasteiger partial charge < -0.3 is 10.6 Å². The van der Waals surface area contributed by atoms with E-state index in [1.54, 1.807) is 6.20 Å². The molecule has 2 aromatic rings. The molecule has 0 aliphatic heterocycles. The van der Waals surface area contributed by atoms with Gasteiger partial charge in [-0.2, -0.15) is 5.10 Å². The molecule has 0 aliphatic rings. The van der Waals surface area contributed by atoms with Crippen LogP contribution in [0.3, 0.4) is 0 Å². The molecule has 1 heterocycles. The topological polar surface area (TPSA) is 59.0 Å². The summed E-state index contributed by atoms with van der Waals surface area (Å²) in [5.74, 6) is -0.0377. The van der Waals surface area contributed by atoms with E-state index in [0.29, 0.717) is 13.1 Å². The third-order valence-electron chi connectivity index (χ3n) is 2.70. The van der Waals surface area contributed by atoms with Gasteiger partial charge >= 0.3 is 0 Å². The first-order valence-electron chi connectivity index (χ1n) is 6.29. The smallest absolute Gasteiger partial charge is 0.238 e. The van der Waals surface area contributed by atoms with Crippen LogP contribution in [0.15, 0.2) is 42.7 Å². The lowest BCUT2D eigenvalue weighted by Gasteiger charge is -2.07. The summed E-state index contributed by atoms with van der Waals surface area (Å²) in [6.07, 6.45) is 3.64. The van der Waals surface area contributed by atoms with Gasteiger partial charge in [-0.1, -0.05) is 17.7 Å². The molecule has 0 aliphatic carbocycles. The Hall–Kier alpha value is -2.14. The molecule has 1 aromatic carbocycles. The first-order valence-corrected chi connectivity index (χ1v) is 6.29. The number of benzene rings is 1. The second-order valence-corrected chi connectivity index (χ2v) is 4.36. The molecule has 0 saturated heterocycles. The molecule has 2 N–H and O–H groups in total. The molecular weight excluding hydrogens is 240 g/mol. The molecular formula is C14H18N4O. The number of hydrogen-bond donors (Lipinski definition) is 2. The van der Waals surface area contributed by atoms with Crippen molar-refractivity contribution in [3.63, 3.8) is 0 Å². The number of amides is 1. The largest absolute Gasteiger partial charge is 0.325 e. The zero-order chi connectivity index (χ0) is 13.5. The summed E-state index contributed by atoms with van der Waals surface area (Å²) in [6.45, 7) is 3.78. The van der Waals surface area contributed by atoms with E-state index in [1.165, 1.54) is 5.56 Å². The Morgan fingerprint density at radius 2 is 2.11 bits per heavy atom. The van der Waals surface area contributed by atoms with Gasteiger partial charge in [0.15, 0.2) is 0 Å². The maximum absolute atomic E-state index is 11.7. The van der Waals surface area contributed by atoms with Crippen molar-refractivity contribution in [1.29, 1.82) is 0 Å². The van der Waals surface area contributed by atoms with E-state index < -0.39 is 0 Å². The van der Waals surface area contributed by atoms with Gasteiger partial charge in [-0.05, 0) is 25.1 Å². The van der Waals surface area contributed by atoms with Gasteiger partial charge in [0.1, 0.15) is 0 Å². The molecule has 1 aromatic heterocycles. The van der Waals surface area contributed by atoms with E-state index in [1.807, 2.05) is 48.1 Å². The van der Waals surface area contributed by atoms with Crippen LogP contribution in [-0.4, -0.2) is 28.8 Å². The van der Waals surface area contributed by atoms with Crippen molar-refractivity contribution in [2.24, 2.45) is 0 Å². The molecule has 0 fully saturated rings. The zero-order valence-electron chi connectivity index (χ0n) is 11.0. The van der Waals surface area contributed by atoms with Crippen LogP contribution in [0.2, 0.25) is 0 Å². The number of aromatic nitrogens is 2. The fourth-order valence-electron chi connectivity index (χ4n) is 1.67. The number of carbonyl (C=O) groups is 1. The van der Waals surface area contributed by atoms with E-state index >= 15 is 0 Å². The fourth-order valence-corrected chi connectivity index (χ4v) is 1.67. The highest BCUT2D eigenvalue weighted by atomic mass is 16.1. The van der Waals surface area contributed by atoms with Gasteiger partial charge in [0, 0.05) is 24.6 Å². The Morgan fingerprint density at radius 1 is 1.32 bits per heavy atom. The Labute approximate surface area is 112 Å². The van der Waals surface area contributed by atoms with Crippen molar-refractivity contribution in [1.82, 2.24) is 15.1 Å². The summed E-state index contributed by atoms with van der Waals surface area (Å²) in [7, 11) is 0. The van der Waals surface area contributed by atoms with Crippen molar-refractivity contribution in [2.45, 2.75) is 13.5 Å². The minimum absolute atomic E-state index is 0.0377. The average molecular weight is 258 g/mol. The lowest BCUT2D eigenvalue weighted by Crippen LogP contribution is -2.30. The van der Waals surface area contributed by atoms with Crippen molar-refractivity contribution in [3.05, 3.63) is 48.3 Å². The molecule has 100 valence electrons. The van der Waals surface area contributed by atoms with Crippen molar-refractivity contribution in [2.75, 3.05) is 18.4 Å². The Bertz CT molecular complexity index is 505. The van der Waals surface area contributed by atoms with Gasteiger partial charge in [0.25, 0.3) is 0 Å². The highest BCUT2D eigenvalue weighted by Gasteiger charge is 2.01. The molecule has 0 saturated carbocycles. The molecule has 0 radical (unpaired) electrons. The van der Waals surface area contributed by atoms with Crippen LogP contribution >= 0.6 is 0 Å². The molecule has 5 nitrogen and oxygen atoms in total. The lowest BCUT2D eigenvalue weighted by molar-refractivity contribution is -0.115. The number of aryl methyl sites for hydroxylation is 1. The van der Waals surface area contributed by atoms with Crippen LogP contribution in [0.25, 0.3) is 0 Å². The highest BCUT2D eigenvalue weighted by Crippen LogP contribution is 2.07. The van der Waals surface area contributed by atoms with Crippen LogP contribution in [0.4, 0.5) is 5.69 Å². The van der Waals surface area contributed by atoms with Crippen LogP contribution in [0.5, 0.6) is 0 Å². The number of nitrogens with one attached hydrogen (secondary N) is 2. The number of nitrogens with zero attached hydrogens (tertiary/aromatic N) is 2. The standard InChI is InChI=1S/C14H18N4O/c1-12-3-5-13(6-4-12)17-14(19)11-15-8-10-18-9-2-7-16-18/h2-7,9,15H,8,10-11H2,1H3,(H,17,19). The Balaban J connectivity index is 1.65. The van der Waals surface area contributed by atoms with Gasteiger partial charge in [0.2, 0.25) is 5.91 Å². The predicted octanol–water partition coefficient (Wildman–Crippen LogP) is 1.42. The first-order chi connectivity index (χ1) is 9.24. The minimum atomic E-state index is -0.0377. The summed E-state index contributed by atoms with van der Waals surface area (Å²) in [5.41, 5.74) is 2.00. The monoisotopic (exact) mass is 258 g/mol. The van der Waals surface area contributed by atoms with Crippen LogP contribution in [0.1, 0.15) is 5.56 Å². The van der Waals surface area contributed by atoms with E-state index in [-0.39, 0.29) is 5.91 Å². The third kappa shape index (κ3) is 4.56. The summed E-state index contributed by atoms with van der Waals surface area (Å²) >= 11 is 0. The van der Waals surface area contributed by atoms with E-state index in [4.69, 9.17) is 0 Å². The molecule has 0 spiro atoms. The predicted molar refractivity (Wildman–Crippen MR) is 74.9 cm³/mol. The Kier molecular flexibility index (Phi) is 4.69. The van der Waals surface area contributed by atoms with Gasteiger partial charge in [-0.15, -0.1) is 0 Å². The Morgan fingerprint density at radius 3 is 2.79 bits per heavy atom. The molecule has 0 unspecified atom stereocenters. The molecule has 5 heteroatoms. The van der Waals surface area contributed by atoms with E-state index in [9.17, 15) is 4.79 Å². The zero-order valence-corrected chi connectivity index (χ0v) is 11.0. The first kappa shape index (κ1) is 13.3. The van der Waals surface area contributed by atoms with Crippen molar-refractivity contribution < 1.29 is 4.79 Å². The minimum Gasteiger partial charge on any atom is -0.325 e. The van der Waals surface area contributed by atoms with E-state index in [0.717, 1.165) is 12.2 Å². The molecule has 1 amide bonds. The highest BCUT2D eigenvalue weighted by molar-refractivity contribution is 5.92. The second kappa shape index (κ2) is 6.70. The summed E-state index contributed by atoms with van der Waals surface area (Å²) in [4.78, 5) is 11.7. The molecule has 19 heavy (non-hydrogen) atoms. The van der Waals surface area contributed by atoms with Crippen molar-refractivity contribution >= 4 is 11.6 Å².